The molecule has 0 radical (unpaired) electrons. The summed E-state index contributed by atoms with van der Waals surface area (Å²) in [5.41, 5.74) is 0.0446. The Labute approximate surface area is 89.6 Å². The van der Waals surface area contributed by atoms with E-state index in [1.807, 2.05) is 6.26 Å². The van der Waals surface area contributed by atoms with Crippen molar-refractivity contribution in [1.82, 2.24) is 0 Å². The molecule has 0 saturated carbocycles. The largest absolute Gasteiger partial charge is 0.280 e. The summed E-state index contributed by atoms with van der Waals surface area (Å²) in [6.07, 6.45) is 1.81. The normalized spacial score (nSPS) is 9.93. The Morgan fingerprint density at radius 2 is 1.93 bits per heavy atom. The molecule has 0 aliphatic heterocycles. The van der Waals surface area contributed by atoms with Crippen LogP contribution in [0.4, 0.5) is 11.4 Å². The summed E-state index contributed by atoms with van der Waals surface area (Å²) in [6.45, 7) is 0. The van der Waals surface area contributed by atoms with Gasteiger partial charge in [-0.3, -0.25) is 20.2 Å². The number of hydrogen-bond acceptors (Lipinski definition) is 5. The molecule has 80 valence electrons. The zero-order chi connectivity index (χ0) is 11.4. The summed E-state index contributed by atoms with van der Waals surface area (Å²) < 4.78 is 0. The van der Waals surface area contributed by atoms with Crippen molar-refractivity contribution < 1.29 is 9.85 Å². The summed E-state index contributed by atoms with van der Waals surface area (Å²) in [5, 5.41) is 21.1. The molecular formula is C8H8N2O4S. The Bertz CT molecular complexity index is 408. The van der Waals surface area contributed by atoms with Crippen LogP contribution in [-0.2, 0) is 5.75 Å². The minimum atomic E-state index is -0.643. The maximum atomic E-state index is 10.6. The number of rotatable bonds is 4. The molecule has 0 spiro atoms. The predicted octanol–water partition coefficient (Wildman–Crippen LogP) is 2.37. The van der Waals surface area contributed by atoms with Crippen LogP contribution in [0.1, 0.15) is 5.56 Å². The van der Waals surface area contributed by atoms with E-state index < -0.39 is 9.85 Å². The fraction of sp³-hybridized carbons (Fsp3) is 0.250. The number of benzene rings is 1. The standard InChI is InChI=1S/C8H8N2O4S/c1-15-5-6-2-3-7(9(11)12)4-8(6)10(13)14/h2-4H,5H2,1H3. The van der Waals surface area contributed by atoms with Gasteiger partial charge in [-0.15, -0.1) is 0 Å². The first-order chi connectivity index (χ1) is 7.06. The molecular weight excluding hydrogens is 220 g/mol. The third kappa shape index (κ3) is 2.66. The van der Waals surface area contributed by atoms with Crippen LogP contribution in [0.5, 0.6) is 0 Å². The van der Waals surface area contributed by atoms with Gasteiger partial charge in [0.05, 0.1) is 15.9 Å². The average Bonchev–Trinajstić information content (AvgIpc) is 2.18. The molecule has 6 nitrogen and oxygen atoms in total. The Morgan fingerprint density at radius 3 is 2.40 bits per heavy atom. The molecule has 0 aliphatic carbocycles. The Kier molecular flexibility index (Phi) is 3.62. The van der Waals surface area contributed by atoms with Crippen LogP contribution >= 0.6 is 11.8 Å². The average molecular weight is 228 g/mol. The maximum Gasteiger partial charge on any atom is 0.280 e. The van der Waals surface area contributed by atoms with Crippen LogP contribution < -0.4 is 0 Å². The summed E-state index contributed by atoms with van der Waals surface area (Å²) in [4.78, 5) is 19.8. The highest BCUT2D eigenvalue weighted by Gasteiger charge is 2.18. The molecule has 0 fully saturated rings. The molecule has 15 heavy (non-hydrogen) atoms. The first kappa shape index (κ1) is 11.4. The van der Waals surface area contributed by atoms with E-state index in [2.05, 4.69) is 0 Å². The van der Waals surface area contributed by atoms with Gasteiger partial charge < -0.3 is 0 Å². The third-order valence-corrected chi connectivity index (χ3v) is 2.38. The van der Waals surface area contributed by atoms with E-state index in [4.69, 9.17) is 0 Å². The van der Waals surface area contributed by atoms with E-state index >= 15 is 0 Å². The van der Waals surface area contributed by atoms with Gasteiger partial charge in [0.2, 0.25) is 0 Å². The Morgan fingerprint density at radius 1 is 1.27 bits per heavy atom. The minimum absolute atomic E-state index is 0.196. The molecule has 0 aliphatic rings. The van der Waals surface area contributed by atoms with Crippen molar-refractivity contribution in [3.8, 4) is 0 Å². The number of non-ortho nitro benzene ring substituents is 1. The smallest absolute Gasteiger partial charge is 0.258 e. The van der Waals surface area contributed by atoms with Crippen molar-refractivity contribution in [1.29, 1.82) is 0 Å². The van der Waals surface area contributed by atoms with Gasteiger partial charge >= 0.3 is 0 Å². The molecule has 0 amide bonds. The number of thioether (sulfide) groups is 1. The fourth-order valence-corrected chi connectivity index (χ4v) is 1.67. The third-order valence-electron chi connectivity index (χ3n) is 1.78. The van der Waals surface area contributed by atoms with E-state index in [1.54, 1.807) is 0 Å². The predicted molar refractivity (Wildman–Crippen MR) is 57.0 cm³/mol. The number of hydrogen-bond donors (Lipinski definition) is 0. The SMILES string of the molecule is CSCc1ccc([N+](=O)[O-])cc1[N+](=O)[O-]. The van der Waals surface area contributed by atoms with Crippen molar-refractivity contribution in [2.45, 2.75) is 5.75 Å². The molecule has 7 heteroatoms. The monoisotopic (exact) mass is 228 g/mol. The molecule has 0 bridgehead atoms. The summed E-state index contributed by atoms with van der Waals surface area (Å²) in [6, 6.07) is 3.69. The van der Waals surface area contributed by atoms with Crippen LogP contribution in [0, 0.1) is 20.2 Å². The van der Waals surface area contributed by atoms with Crippen LogP contribution in [0.3, 0.4) is 0 Å². The fourth-order valence-electron chi connectivity index (χ4n) is 1.11. The lowest BCUT2D eigenvalue weighted by atomic mass is 10.2. The molecule has 0 saturated heterocycles. The molecule has 0 atom stereocenters. The second-order valence-corrected chi connectivity index (χ2v) is 3.63. The quantitative estimate of drug-likeness (QED) is 0.583. The maximum absolute atomic E-state index is 10.6. The minimum Gasteiger partial charge on any atom is -0.258 e. The summed E-state index contributed by atoms with van der Waals surface area (Å²) >= 11 is 1.43. The molecule has 1 aromatic rings. The van der Waals surface area contributed by atoms with Crippen LogP contribution in [0.25, 0.3) is 0 Å². The van der Waals surface area contributed by atoms with E-state index in [-0.39, 0.29) is 11.4 Å². The number of nitro benzene ring substituents is 2. The number of nitro groups is 2. The zero-order valence-electron chi connectivity index (χ0n) is 7.87. The lowest BCUT2D eigenvalue weighted by molar-refractivity contribution is -0.394. The van der Waals surface area contributed by atoms with Gasteiger partial charge in [-0.1, -0.05) is 0 Å². The molecule has 0 heterocycles. The van der Waals surface area contributed by atoms with Crippen molar-refractivity contribution in [3.05, 3.63) is 44.0 Å². The van der Waals surface area contributed by atoms with Gasteiger partial charge in [0, 0.05) is 17.4 Å². The van der Waals surface area contributed by atoms with E-state index in [9.17, 15) is 20.2 Å². The van der Waals surface area contributed by atoms with Crippen molar-refractivity contribution in [3.63, 3.8) is 0 Å². The van der Waals surface area contributed by atoms with Gasteiger partial charge in [-0.2, -0.15) is 11.8 Å². The van der Waals surface area contributed by atoms with Crippen LogP contribution in [-0.4, -0.2) is 16.1 Å². The van der Waals surface area contributed by atoms with Crippen molar-refractivity contribution >= 4 is 23.1 Å². The molecule has 1 rings (SSSR count). The first-order valence-corrected chi connectivity index (χ1v) is 5.36. The highest BCUT2D eigenvalue weighted by molar-refractivity contribution is 7.97. The van der Waals surface area contributed by atoms with Gasteiger partial charge in [-0.05, 0) is 12.3 Å². The molecule has 0 unspecified atom stereocenters. The second kappa shape index (κ2) is 4.74. The molecule has 1 aromatic carbocycles. The van der Waals surface area contributed by atoms with Crippen molar-refractivity contribution in [2.24, 2.45) is 0 Å². The summed E-state index contributed by atoms with van der Waals surface area (Å²) in [7, 11) is 0. The van der Waals surface area contributed by atoms with Gasteiger partial charge in [-0.25, -0.2) is 0 Å². The summed E-state index contributed by atoms with van der Waals surface area (Å²) in [5.74, 6) is 0.467. The molecule has 0 N–H and O–H groups in total. The van der Waals surface area contributed by atoms with E-state index in [1.165, 1.54) is 23.9 Å². The molecule has 0 aromatic heterocycles. The lowest BCUT2D eigenvalue weighted by Gasteiger charge is -2.00. The van der Waals surface area contributed by atoms with Crippen LogP contribution in [0.15, 0.2) is 18.2 Å². The van der Waals surface area contributed by atoms with Gasteiger partial charge in [0.15, 0.2) is 0 Å². The highest BCUT2D eigenvalue weighted by atomic mass is 32.2. The van der Waals surface area contributed by atoms with Gasteiger partial charge in [0.1, 0.15) is 0 Å². The van der Waals surface area contributed by atoms with Crippen LogP contribution in [0.2, 0.25) is 0 Å². The van der Waals surface area contributed by atoms with Gasteiger partial charge in [0.25, 0.3) is 11.4 Å². The van der Waals surface area contributed by atoms with Crippen molar-refractivity contribution in [2.75, 3.05) is 6.26 Å². The Hall–Kier alpha value is -1.63. The zero-order valence-corrected chi connectivity index (χ0v) is 8.69. The Balaban J connectivity index is 3.20. The number of nitrogens with zero attached hydrogens (tertiary/aromatic N) is 2. The topological polar surface area (TPSA) is 86.3 Å². The van der Waals surface area contributed by atoms with E-state index in [0.717, 1.165) is 6.07 Å². The van der Waals surface area contributed by atoms with E-state index in [0.29, 0.717) is 11.3 Å². The second-order valence-electron chi connectivity index (χ2n) is 2.76. The lowest BCUT2D eigenvalue weighted by Crippen LogP contribution is -1.96. The highest BCUT2D eigenvalue weighted by Crippen LogP contribution is 2.26. The first-order valence-electron chi connectivity index (χ1n) is 3.97.